The summed E-state index contributed by atoms with van der Waals surface area (Å²) in [5.74, 6) is 0.757. The number of hydrogen-bond donors (Lipinski definition) is 2. The van der Waals surface area contributed by atoms with Crippen LogP contribution in [-0.2, 0) is 0 Å². The Morgan fingerprint density at radius 2 is 1.75 bits per heavy atom. The van der Waals surface area contributed by atoms with Crippen molar-refractivity contribution in [3.63, 3.8) is 0 Å². The second-order valence-electron chi connectivity index (χ2n) is 8.91. The van der Waals surface area contributed by atoms with E-state index in [1.54, 1.807) is 18.6 Å². The molecule has 0 atom stereocenters. The smallest absolute Gasteiger partial charge is 0.138 e. The SMILES string of the molecule is CN(C)CCOc1cncc(-c2ccc3[nH]nc(-c4cc5c(-c6ccccn6)nccc5[nH]4)c3c2)c1. The van der Waals surface area contributed by atoms with Crippen LogP contribution in [0, 0.1) is 0 Å². The first kappa shape index (κ1) is 21.9. The molecular formula is C28H25N7O. The highest BCUT2D eigenvalue weighted by Crippen LogP contribution is 2.34. The topological polar surface area (TPSA) is 95.6 Å². The lowest BCUT2D eigenvalue weighted by atomic mass is 10.0. The number of aromatic nitrogens is 6. The quantitative estimate of drug-likeness (QED) is 0.331. The van der Waals surface area contributed by atoms with Crippen LogP contribution in [0.4, 0.5) is 0 Å². The van der Waals surface area contributed by atoms with Gasteiger partial charge in [-0.25, -0.2) is 0 Å². The van der Waals surface area contributed by atoms with Crippen molar-refractivity contribution in [1.82, 2.24) is 35.0 Å². The molecule has 0 spiro atoms. The molecule has 1 aromatic carbocycles. The lowest BCUT2D eigenvalue weighted by Crippen LogP contribution is -2.19. The molecule has 5 heterocycles. The molecule has 0 unspecified atom stereocenters. The maximum atomic E-state index is 5.89. The molecule has 5 aromatic heterocycles. The summed E-state index contributed by atoms with van der Waals surface area (Å²) in [5, 5.41) is 9.82. The lowest BCUT2D eigenvalue weighted by Gasteiger charge is -2.11. The minimum absolute atomic E-state index is 0.610. The molecule has 0 saturated heterocycles. The third-order valence-electron chi connectivity index (χ3n) is 6.13. The van der Waals surface area contributed by atoms with E-state index in [2.05, 4.69) is 53.2 Å². The van der Waals surface area contributed by atoms with E-state index in [4.69, 9.17) is 4.74 Å². The van der Waals surface area contributed by atoms with Gasteiger partial charge in [0.2, 0.25) is 0 Å². The molecule has 36 heavy (non-hydrogen) atoms. The van der Waals surface area contributed by atoms with E-state index in [1.165, 1.54) is 0 Å². The lowest BCUT2D eigenvalue weighted by molar-refractivity contribution is 0.261. The zero-order chi connectivity index (χ0) is 24.5. The Morgan fingerprint density at radius 1 is 0.833 bits per heavy atom. The number of likely N-dealkylation sites (N-methyl/N-ethyl adjacent to an activating group) is 1. The van der Waals surface area contributed by atoms with E-state index in [1.807, 2.05) is 56.7 Å². The van der Waals surface area contributed by atoms with Crippen molar-refractivity contribution in [3.05, 3.63) is 79.4 Å². The number of nitrogens with zero attached hydrogens (tertiary/aromatic N) is 5. The summed E-state index contributed by atoms with van der Waals surface area (Å²) in [4.78, 5) is 19.1. The van der Waals surface area contributed by atoms with Gasteiger partial charge in [0, 0.05) is 47.0 Å². The van der Waals surface area contributed by atoms with E-state index in [9.17, 15) is 0 Å². The molecule has 0 fully saturated rings. The molecular weight excluding hydrogens is 450 g/mol. The third kappa shape index (κ3) is 4.18. The molecule has 0 aliphatic heterocycles. The fourth-order valence-electron chi connectivity index (χ4n) is 4.29. The monoisotopic (exact) mass is 475 g/mol. The van der Waals surface area contributed by atoms with Gasteiger partial charge < -0.3 is 14.6 Å². The minimum atomic E-state index is 0.610. The highest BCUT2D eigenvalue weighted by Gasteiger charge is 2.15. The van der Waals surface area contributed by atoms with Crippen LogP contribution in [0.5, 0.6) is 5.75 Å². The van der Waals surface area contributed by atoms with Crippen LogP contribution in [-0.4, -0.2) is 62.3 Å². The molecule has 6 rings (SSSR count). The van der Waals surface area contributed by atoms with Crippen molar-refractivity contribution < 1.29 is 4.74 Å². The van der Waals surface area contributed by atoms with Crippen LogP contribution < -0.4 is 4.74 Å². The molecule has 0 radical (unpaired) electrons. The van der Waals surface area contributed by atoms with Gasteiger partial charge in [-0.1, -0.05) is 12.1 Å². The van der Waals surface area contributed by atoms with Crippen LogP contribution in [0.1, 0.15) is 0 Å². The summed E-state index contributed by atoms with van der Waals surface area (Å²) in [6, 6.07) is 18.2. The first-order valence-corrected chi connectivity index (χ1v) is 11.8. The fourth-order valence-corrected chi connectivity index (χ4v) is 4.29. The van der Waals surface area contributed by atoms with Crippen LogP contribution >= 0.6 is 0 Å². The van der Waals surface area contributed by atoms with Crippen LogP contribution in [0.15, 0.2) is 79.4 Å². The maximum absolute atomic E-state index is 5.89. The largest absolute Gasteiger partial charge is 0.491 e. The van der Waals surface area contributed by atoms with Crippen LogP contribution in [0.25, 0.3) is 55.7 Å². The van der Waals surface area contributed by atoms with Crippen molar-refractivity contribution in [2.24, 2.45) is 0 Å². The standard InChI is InChI=1S/C28H25N7O/c1-35(2)11-12-36-20-13-19(16-29-17-20)18-6-7-24-21(14-18)28(34-33-24)26-15-22-23(32-26)8-10-31-27(22)25-5-3-4-9-30-25/h3-10,13-17,32H,11-12H2,1-2H3,(H,33,34). The Hall–Kier alpha value is -4.56. The number of H-pyrrole nitrogens is 2. The molecule has 0 saturated carbocycles. The van der Waals surface area contributed by atoms with Crippen molar-refractivity contribution in [2.45, 2.75) is 0 Å². The third-order valence-corrected chi connectivity index (χ3v) is 6.13. The van der Waals surface area contributed by atoms with Gasteiger partial charge in [0.15, 0.2) is 0 Å². The van der Waals surface area contributed by atoms with Crippen molar-refractivity contribution >= 4 is 21.8 Å². The van der Waals surface area contributed by atoms with Gasteiger partial charge in [-0.3, -0.25) is 20.1 Å². The molecule has 0 amide bonds. The number of fused-ring (bicyclic) bond motifs is 2. The normalized spacial score (nSPS) is 11.5. The van der Waals surface area contributed by atoms with Crippen molar-refractivity contribution in [1.29, 1.82) is 0 Å². The number of benzene rings is 1. The predicted molar refractivity (Wildman–Crippen MR) is 142 cm³/mol. The Kier molecular flexibility index (Phi) is 5.63. The van der Waals surface area contributed by atoms with Crippen molar-refractivity contribution in [3.8, 4) is 39.7 Å². The first-order valence-electron chi connectivity index (χ1n) is 11.8. The summed E-state index contributed by atoms with van der Waals surface area (Å²) >= 11 is 0. The molecule has 8 heteroatoms. The number of ether oxygens (including phenoxy) is 1. The molecule has 8 nitrogen and oxygen atoms in total. The molecule has 0 aliphatic carbocycles. The highest BCUT2D eigenvalue weighted by molar-refractivity contribution is 6.00. The molecule has 178 valence electrons. The van der Waals surface area contributed by atoms with Gasteiger partial charge in [0.05, 0.1) is 28.8 Å². The predicted octanol–water partition coefficient (Wildman–Crippen LogP) is 5.17. The van der Waals surface area contributed by atoms with Gasteiger partial charge in [-0.05, 0) is 62.1 Å². The molecule has 0 aliphatic rings. The Balaban J connectivity index is 1.38. The average molecular weight is 476 g/mol. The van der Waals surface area contributed by atoms with E-state index in [-0.39, 0.29) is 0 Å². The zero-order valence-electron chi connectivity index (χ0n) is 20.1. The van der Waals surface area contributed by atoms with Gasteiger partial charge >= 0.3 is 0 Å². The number of nitrogens with one attached hydrogen (secondary N) is 2. The highest BCUT2D eigenvalue weighted by atomic mass is 16.5. The molecule has 2 N–H and O–H groups in total. The number of rotatable bonds is 7. The number of aromatic amines is 2. The maximum Gasteiger partial charge on any atom is 0.138 e. The summed E-state index contributed by atoms with van der Waals surface area (Å²) in [6.45, 7) is 1.45. The van der Waals surface area contributed by atoms with Gasteiger partial charge in [-0.15, -0.1) is 0 Å². The van der Waals surface area contributed by atoms with E-state index >= 15 is 0 Å². The van der Waals surface area contributed by atoms with Crippen molar-refractivity contribution in [2.75, 3.05) is 27.2 Å². The van der Waals surface area contributed by atoms with E-state index in [0.29, 0.717) is 6.61 Å². The zero-order valence-corrected chi connectivity index (χ0v) is 20.1. The summed E-state index contributed by atoms with van der Waals surface area (Å²) < 4.78 is 5.89. The van der Waals surface area contributed by atoms with Crippen LogP contribution in [0.3, 0.4) is 0 Å². The average Bonchev–Trinajstić information content (AvgIpc) is 3.53. The number of hydrogen-bond acceptors (Lipinski definition) is 6. The Labute approximate surface area is 208 Å². The van der Waals surface area contributed by atoms with Gasteiger partial charge in [-0.2, -0.15) is 5.10 Å². The molecule has 0 bridgehead atoms. The fraction of sp³-hybridized carbons (Fsp3) is 0.143. The number of pyridine rings is 3. The van der Waals surface area contributed by atoms with Gasteiger partial charge in [0.25, 0.3) is 0 Å². The second kappa shape index (κ2) is 9.24. The summed E-state index contributed by atoms with van der Waals surface area (Å²) in [5.41, 5.74) is 7.42. The summed E-state index contributed by atoms with van der Waals surface area (Å²) in [7, 11) is 4.05. The van der Waals surface area contributed by atoms with E-state index in [0.717, 1.165) is 68.0 Å². The summed E-state index contributed by atoms with van der Waals surface area (Å²) in [6.07, 6.45) is 7.18. The van der Waals surface area contributed by atoms with Crippen LogP contribution in [0.2, 0.25) is 0 Å². The van der Waals surface area contributed by atoms with Gasteiger partial charge in [0.1, 0.15) is 18.1 Å². The van der Waals surface area contributed by atoms with E-state index < -0.39 is 0 Å². The first-order chi connectivity index (χ1) is 17.7. The second-order valence-corrected chi connectivity index (χ2v) is 8.91. The Morgan fingerprint density at radius 3 is 2.61 bits per heavy atom. The minimum Gasteiger partial charge on any atom is -0.491 e. The molecule has 6 aromatic rings. The Bertz CT molecular complexity index is 1650.